The Labute approximate surface area is 145 Å². The summed E-state index contributed by atoms with van der Waals surface area (Å²) in [7, 11) is 0. The second-order valence-corrected chi connectivity index (χ2v) is 6.26. The van der Waals surface area contributed by atoms with Crippen molar-refractivity contribution in [2.24, 2.45) is 10.8 Å². The van der Waals surface area contributed by atoms with Crippen LogP contribution in [0.25, 0.3) is 5.65 Å². The van der Waals surface area contributed by atoms with Gasteiger partial charge in [0.1, 0.15) is 17.0 Å². The van der Waals surface area contributed by atoms with Gasteiger partial charge in [-0.15, -0.1) is 0 Å². The summed E-state index contributed by atoms with van der Waals surface area (Å²) in [5, 5.41) is 4.02. The number of hydrazone groups is 1. The van der Waals surface area contributed by atoms with Gasteiger partial charge in [-0.25, -0.2) is 4.98 Å². The zero-order chi connectivity index (χ0) is 17.1. The summed E-state index contributed by atoms with van der Waals surface area (Å²) in [5.41, 5.74) is 9.78. The van der Waals surface area contributed by atoms with Crippen molar-refractivity contribution in [3.8, 4) is 0 Å². The number of hydrogen-bond donors (Lipinski definition) is 2. The molecule has 0 saturated carbocycles. The zero-order valence-electron chi connectivity index (χ0n) is 13.5. The molecule has 3 heterocycles. The summed E-state index contributed by atoms with van der Waals surface area (Å²) in [5.74, 6) is 0.669. The fourth-order valence-electron chi connectivity index (χ4n) is 2.92. The maximum absolute atomic E-state index is 12.9. The molecule has 126 valence electrons. The highest BCUT2D eigenvalue weighted by Crippen LogP contribution is 2.20. The molecule has 1 aliphatic heterocycles. The van der Waals surface area contributed by atoms with E-state index in [1.807, 2.05) is 19.1 Å². The number of nitrogens with one attached hydrogen (secondary N) is 1. The molecule has 8 heteroatoms. The van der Waals surface area contributed by atoms with Gasteiger partial charge in [0, 0.05) is 19.3 Å². The maximum Gasteiger partial charge on any atom is 0.268 e. The van der Waals surface area contributed by atoms with E-state index in [1.165, 1.54) is 12.6 Å². The molecule has 0 amide bonds. The van der Waals surface area contributed by atoms with Crippen LogP contribution in [0.5, 0.6) is 0 Å². The number of rotatable bonds is 3. The van der Waals surface area contributed by atoms with E-state index in [1.54, 1.807) is 10.6 Å². The fraction of sp³-hybridized carbons (Fsp3) is 0.375. The lowest BCUT2D eigenvalue weighted by Crippen LogP contribution is -2.34. The van der Waals surface area contributed by atoms with Gasteiger partial charge in [0.25, 0.3) is 5.56 Å². The standard InChI is InChI=1S/C16H20N6OS/c1-11-6-5-9-22-13(11)19-14(21-7-3-2-4-8-21)12(15(22)23)10-18-20-16(17)24/h5-6,9-10H,2-4,7-8H2,1H3,(H3,17,20,24). The predicted molar refractivity (Wildman–Crippen MR) is 99.8 cm³/mol. The number of aromatic nitrogens is 2. The Bertz CT molecular complexity index is 854. The Morgan fingerprint density at radius 3 is 2.88 bits per heavy atom. The molecule has 3 rings (SSSR count). The highest BCUT2D eigenvalue weighted by Gasteiger charge is 2.19. The van der Waals surface area contributed by atoms with E-state index in [9.17, 15) is 4.79 Å². The highest BCUT2D eigenvalue weighted by molar-refractivity contribution is 7.80. The van der Waals surface area contributed by atoms with Crippen molar-refractivity contribution in [3.63, 3.8) is 0 Å². The van der Waals surface area contributed by atoms with E-state index in [0.29, 0.717) is 17.0 Å². The number of pyridine rings is 1. The Hall–Kier alpha value is -2.48. The number of nitrogens with two attached hydrogens (primary N) is 1. The van der Waals surface area contributed by atoms with Crippen LogP contribution in [0.15, 0.2) is 28.2 Å². The molecule has 24 heavy (non-hydrogen) atoms. The van der Waals surface area contributed by atoms with Gasteiger partial charge in [0.2, 0.25) is 0 Å². The van der Waals surface area contributed by atoms with Crippen LogP contribution in [0.1, 0.15) is 30.4 Å². The average molecular weight is 344 g/mol. The molecule has 1 fully saturated rings. The van der Waals surface area contributed by atoms with Crippen molar-refractivity contribution in [2.75, 3.05) is 18.0 Å². The number of aryl methyl sites for hydroxylation is 1. The third-order valence-corrected chi connectivity index (χ3v) is 4.18. The van der Waals surface area contributed by atoms with Crippen LogP contribution >= 0.6 is 12.2 Å². The summed E-state index contributed by atoms with van der Waals surface area (Å²) in [6, 6.07) is 3.78. The van der Waals surface area contributed by atoms with Crippen molar-refractivity contribution >= 4 is 35.0 Å². The quantitative estimate of drug-likeness (QED) is 0.493. The van der Waals surface area contributed by atoms with Crippen molar-refractivity contribution in [1.82, 2.24) is 14.8 Å². The van der Waals surface area contributed by atoms with Gasteiger partial charge in [0.15, 0.2) is 5.11 Å². The van der Waals surface area contributed by atoms with Crippen molar-refractivity contribution in [2.45, 2.75) is 26.2 Å². The van der Waals surface area contributed by atoms with Gasteiger partial charge in [-0.2, -0.15) is 5.10 Å². The lowest BCUT2D eigenvalue weighted by atomic mass is 10.1. The molecule has 0 radical (unpaired) electrons. The van der Waals surface area contributed by atoms with Gasteiger partial charge < -0.3 is 10.6 Å². The molecule has 0 atom stereocenters. The zero-order valence-corrected chi connectivity index (χ0v) is 14.3. The molecule has 0 aromatic carbocycles. The fourth-order valence-corrected chi connectivity index (χ4v) is 2.97. The van der Waals surface area contributed by atoms with Crippen molar-refractivity contribution in [3.05, 3.63) is 39.8 Å². The molecule has 0 aliphatic carbocycles. The van der Waals surface area contributed by atoms with Crippen LogP contribution in [0.2, 0.25) is 0 Å². The van der Waals surface area contributed by atoms with E-state index in [4.69, 9.17) is 22.9 Å². The predicted octanol–water partition coefficient (Wildman–Crippen LogP) is 1.16. The largest absolute Gasteiger partial charge is 0.375 e. The first-order chi connectivity index (χ1) is 11.6. The molecule has 3 N–H and O–H groups in total. The normalized spacial score (nSPS) is 15.1. The average Bonchev–Trinajstić information content (AvgIpc) is 2.58. The molecule has 1 saturated heterocycles. The number of anilines is 1. The Kier molecular flexibility index (Phi) is 4.75. The number of fused-ring (bicyclic) bond motifs is 1. The molecule has 2 aromatic heterocycles. The summed E-state index contributed by atoms with van der Waals surface area (Å²) in [6.07, 6.45) is 6.56. The van der Waals surface area contributed by atoms with Crippen molar-refractivity contribution in [1.29, 1.82) is 0 Å². The summed E-state index contributed by atoms with van der Waals surface area (Å²) in [4.78, 5) is 19.8. The van der Waals surface area contributed by atoms with Crippen LogP contribution in [0, 0.1) is 6.92 Å². The number of piperidine rings is 1. The van der Waals surface area contributed by atoms with Crippen LogP contribution in [0.3, 0.4) is 0 Å². The first-order valence-corrected chi connectivity index (χ1v) is 8.34. The molecular formula is C16H20N6OS. The van der Waals surface area contributed by atoms with Crippen LogP contribution in [-0.2, 0) is 0 Å². The van der Waals surface area contributed by atoms with Gasteiger partial charge in [0.05, 0.1) is 6.21 Å². The summed E-state index contributed by atoms with van der Waals surface area (Å²) in [6.45, 7) is 3.72. The Balaban J connectivity index is 2.17. The summed E-state index contributed by atoms with van der Waals surface area (Å²) >= 11 is 4.74. The van der Waals surface area contributed by atoms with Crippen LogP contribution in [-0.4, -0.2) is 33.8 Å². The third-order valence-electron chi connectivity index (χ3n) is 4.09. The van der Waals surface area contributed by atoms with E-state index < -0.39 is 0 Å². The minimum atomic E-state index is -0.155. The Morgan fingerprint density at radius 1 is 1.42 bits per heavy atom. The monoisotopic (exact) mass is 344 g/mol. The SMILES string of the molecule is Cc1cccn2c(=O)c(C=NNC(N)=S)c(N3CCCCC3)nc12. The van der Waals surface area contributed by atoms with E-state index in [-0.39, 0.29) is 10.7 Å². The lowest BCUT2D eigenvalue weighted by Gasteiger charge is -2.29. The Morgan fingerprint density at radius 2 is 2.17 bits per heavy atom. The molecule has 1 aliphatic rings. The smallest absolute Gasteiger partial charge is 0.268 e. The van der Waals surface area contributed by atoms with Crippen LogP contribution in [0.4, 0.5) is 5.82 Å². The van der Waals surface area contributed by atoms with Gasteiger partial charge in [-0.1, -0.05) is 6.07 Å². The van der Waals surface area contributed by atoms with E-state index in [2.05, 4.69) is 15.4 Å². The topological polar surface area (TPSA) is 88.0 Å². The second kappa shape index (κ2) is 6.96. The molecule has 0 bridgehead atoms. The number of thiocarbonyl (C=S) groups is 1. The van der Waals surface area contributed by atoms with Crippen LogP contribution < -0.4 is 21.6 Å². The minimum Gasteiger partial charge on any atom is -0.375 e. The third kappa shape index (κ3) is 3.23. The number of hydrogen-bond acceptors (Lipinski definition) is 5. The van der Waals surface area contributed by atoms with Gasteiger partial charge in [-0.3, -0.25) is 14.6 Å². The first kappa shape index (κ1) is 16.4. The number of nitrogens with zero attached hydrogens (tertiary/aromatic N) is 4. The molecule has 7 nitrogen and oxygen atoms in total. The summed E-state index contributed by atoms with van der Waals surface area (Å²) < 4.78 is 1.55. The van der Waals surface area contributed by atoms with Gasteiger partial charge in [-0.05, 0) is 50.0 Å². The first-order valence-electron chi connectivity index (χ1n) is 7.93. The second-order valence-electron chi connectivity index (χ2n) is 5.82. The van der Waals surface area contributed by atoms with E-state index in [0.717, 1.165) is 31.5 Å². The molecular weight excluding hydrogens is 324 g/mol. The van der Waals surface area contributed by atoms with Gasteiger partial charge >= 0.3 is 0 Å². The highest BCUT2D eigenvalue weighted by atomic mass is 32.1. The van der Waals surface area contributed by atoms with Crippen molar-refractivity contribution < 1.29 is 0 Å². The minimum absolute atomic E-state index is 0.0514. The lowest BCUT2D eigenvalue weighted by molar-refractivity contribution is 0.573. The van der Waals surface area contributed by atoms with E-state index >= 15 is 0 Å². The molecule has 0 spiro atoms. The molecule has 0 unspecified atom stereocenters. The maximum atomic E-state index is 12.9. The molecule has 2 aromatic rings.